The molecule has 0 radical (unpaired) electrons. The quantitative estimate of drug-likeness (QED) is 0.448. The number of hydrogen-bond acceptors (Lipinski definition) is 6. The molecule has 0 aliphatic carbocycles. The van der Waals surface area contributed by atoms with E-state index in [2.05, 4.69) is 32.3 Å². The highest BCUT2D eigenvalue weighted by Crippen LogP contribution is 2.28. The molecule has 2 aromatic heterocycles. The summed E-state index contributed by atoms with van der Waals surface area (Å²) >= 11 is 1.12. The maximum absolute atomic E-state index is 14.9. The van der Waals surface area contributed by atoms with Crippen LogP contribution in [0, 0.1) is 5.82 Å². The van der Waals surface area contributed by atoms with Crippen LogP contribution in [0.25, 0.3) is 16.5 Å². The van der Waals surface area contributed by atoms with E-state index in [1.807, 2.05) is 18.2 Å². The van der Waals surface area contributed by atoms with E-state index in [1.54, 1.807) is 16.3 Å². The average molecular weight is 470 g/mol. The smallest absolute Gasteiger partial charge is 0.266 e. The number of hydrogen-bond donors (Lipinski definition) is 2. The fraction of sp³-hybridized carbons (Fsp3) is 0.182. The molecule has 1 aliphatic rings. The zero-order valence-electron chi connectivity index (χ0n) is 17.0. The topological polar surface area (TPSA) is 88.9 Å². The lowest BCUT2D eigenvalue weighted by molar-refractivity contribution is 0.571. The number of anilines is 1. The van der Waals surface area contributed by atoms with Crippen LogP contribution in [-0.2, 0) is 16.6 Å². The summed E-state index contributed by atoms with van der Waals surface area (Å²) in [6.07, 6.45) is 6.17. The summed E-state index contributed by atoms with van der Waals surface area (Å²) < 4.78 is 44.2. The molecular formula is C22H20FN5O2S2. The molecule has 10 heteroatoms. The van der Waals surface area contributed by atoms with Crippen molar-refractivity contribution >= 4 is 43.0 Å². The largest absolute Gasteiger partial charge is 0.313 e. The lowest BCUT2D eigenvalue weighted by Crippen LogP contribution is -2.20. The van der Waals surface area contributed by atoms with Gasteiger partial charge in [-0.3, -0.25) is 9.40 Å². The van der Waals surface area contributed by atoms with Crippen molar-refractivity contribution in [2.45, 2.75) is 17.9 Å². The van der Waals surface area contributed by atoms with E-state index in [1.165, 1.54) is 23.9 Å². The van der Waals surface area contributed by atoms with Gasteiger partial charge in [-0.1, -0.05) is 30.3 Å². The fourth-order valence-electron chi connectivity index (χ4n) is 3.86. The Hall–Kier alpha value is -3.08. The van der Waals surface area contributed by atoms with E-state index in [-0.39, 0.29) is 5.13 Å². The highest BCUT2D eigenvalue weighted by atomic mass is 32.2. The summed E-state index contributed by atoms with van der Waals surface area (Å²) in [5, 5.41) is 10.1. The molecule has 0 unspecified atom stereocenters. The lowest BCUT2D eigenvalue weighted by atomic mass is 9.95. The second kappa shape index (κ2) is 8.45. The molecule has 1 aliphatic heterocycles. The van der Waals surface area contributed by atoms with Crippen molar-refractivity contribution in [3.8, 4) is 0 Å². The summed E-state index contributed by atoms with van der Waals surface area (Å²) in [5.74, 6) is -0.836. The predicted molar refractivity (Wildman–Crippen MR) is 124 cm³/mol. The summed E-state index contributed by atoms with van der Waals surface area (Å²) in [6, 6.07) is 10.7. The third-order valence-electron chi connectivity index (χ3n) is 5.39. The van der Waals surface area contributed by atoms with Crippen LogP contribution in [0.5, 0.6) is 0 Å². The Morgan fingerprint density at radius 3 is 2.91 bits per heavy atom. The molecular weight excluding hydrogens is 449 g/mol. The Kier molecular flexibility index (Phi) is 5.50. The second-order valence-corrected chi connectivity index (χ2v) is 9.97. The van der Waals surface area contributed by atoms with Crippen molar-refractivity contribution in [2.75, 3.05) is 17.8 Å². The van der Waals surface area contributed by atoms with Crippen molar-refractivity contribution in [3.63, 3.8) is 0 Å². The third kappa shape index (κ3) is 4.04. The van der Waals surface area contributed by atoms with Gasteiger partial charge in [0.15, 0.2) is 5.13 Å². The van der Waals surface area contributed by atoms with Crippen LogP contribution in [-0.4, -0.2) is 36.3 Å². The average Bonchev–Trinajstić information content (AvgIpc) is 3.44. The van der Waals surface area contributed by atoms with Gasteiger partial charge in [-0.05, 0) is 35.7 Å². The first-order valence-electron chi connectivity index (χ1n) is 10.1. The van der Waals surface area contributed by atoms with Gasteiger partial charge in [0.2, 0.25) is 0 Å². The molecule has 0 fully saturated rings. The molecule has 7 nitrogen and oxygen atoms in total. The maximum atomic E-state index is 14.9. The molecule has 3 heterocycles. The minimum atomic E-state index is -4.10. The van der Waals surface area contributed by atoms with Crippen molar-refractivity contribution in [2.24, 2.45) is 0 Å². The number of nitrogens with one attached hydrogen (secondary N) is 2. The van der Waals surface area contributed by atoms with Crippen LogP contribution in [0.3, 0.4) is 0 Å². The monoisotopic (exact) mass is 469 g/mol. The van der Waals surface area contributed by atoms with E-state index in [0.29, 0.717) is 17.4 Å². The molecule has 0 spiro atoms. The number of benzene rings is 2. The van der Waals surface area contributed by atoms with Crippen molar-refractivity contribution < 1.29 is 12.8 Å². The van der Waals surface area contributed by atoms with E-state index in [9.17, 15) is 12.8 Å². The maximum Gasteiger partial charge on any atom is 0.266 e. The Labute approximate surface area is 188 Å². The molecule has 5 rings (SSSR count). The van der Waals surface area contributed by atoms with Crippen LogP contribution in [0.4, 0.5) is 9.52 Å². The summed E-state index contributed by atoms with van der Waals surface area (Å²) in [5.41, 5.74) is 4.05. The van der Waals surface area contributed by atoms with Gasteiger partial charge in [-0.25, -0.2) is 17.8 Å². The molecule has 164 valence electrons. The summed E-state index contributed by atoms with van der Waals surface area (Å²) in [7, 11) is -4.10. The van der Waals surface area contributed by atoms with Gasteiger partial charge in [0.25, 0.3) is 10.0 Å². The molecule has 0 saturated heterocycles. The van der Waals surface area contributed by atoms with E-state index in [0.717, 1.165) is 42.0 Å². The zero-order valence-corrected chi connectivity index (χ0v) is 18.6. The highest BCUT2D eigenvalue weighted by molar-refractivity contribution is 7.93. The van der Waals surface area contributed by atoms with Gasteiger partial charge in [-0.15, -0.1) is 11.3 Å². The van der Waals surface area contributed by atoms with E-state index < -0.39 is 20.7 Å². The first-order valence-corrected chi connectivity index (χ1v) is 12.4. The Balaban J connectivity index is 1.49. The molecule has 2 aromatic carbocycles. The van der Waals surface area contributed by atoms with E-state index in [4.69, 9.17) is 0 Å². The van der Waals surface area contributed by atoms with Gasteiger partial charge in [0.1, 0.15) is 10.7 Å². The number of fused-ring (bicyclic) bond motifs is 1. The van der Waals surface area contributed by atoms with E-state index >= 15 is 0 Å². The number of rotatable bonds is 6. The van der Waals surface area contributed by atoms with Crippen molar-refractivity contribution in [1.29, 1.82) is 0 Å². The number of sulfonamides is 1. The molecule has 4 aromatic rings. The first-order chi connectivity index (χ1) is 15.5. The van der Waals surface area contributed by atoms with Crippen molar-refractivity contribution in [1.82, 2.24) is 20.1 Å². The van der Waals surface area contributed by atoms with Crippen LogP contribution in [0.1, 0.15) is 17.5 Å². The standard InChI is InChI=1S/C22H20FN5O2S2/c23-19-12-20-17(11-21(19)32(29,30)27-22-25-9-10-31-22)13-26-28(20)14-16-3-1-2-4-18(16)15-5-7-24-8-6-15/h1-5,9-13,24H,6-8,14H2,(H,25,27). The van der Waals surface area contributed by atoms with Gasteiger partial charge < -0.3 is 5.32 Å². The van der Waals surface area contributed by atoms with Crippen LogP contribution < -0.4 is 10.0 Å². The van der Waals surface area contributed by atoms with Crippen molar-refractivity contribution in [3.05, 3.63) is 77.2 Å². The first kappa shape index (κ1) is 20.8. The number of halogens is 1. The highest BCUT2D eigenvalue weighted by Gasteiger charge is 2.22. The van der Waals surface area contributed by atoms with Gasteiger partial charge in [0.05, 0.1) is 18.3 Å². The normalized spacial score (nSPS) is 14.5. The number of aromatic nitrogens is 3. The minimum absolute atomic E-state index is 0.184. The Bertz CT molecular complexity index is 1410. The molecule has 0 amide bonds. The van der Waals surface area contributed by atoms with Crippen LogP contribution >= 0.6 is 11.3 Å². The van der Waals surface area contributed by atoms with Gasteiger partial charge in [-0.2, -0.15) is 5.10 Å². The molecule has 0 saturated carbocycles. The fourth-order valence-corrected chi connectivity index (χ4v) is 5.74. The Morgan fingerprint density at radius 1 is 1.25 bits per heavy atom. The zero-order chi connectivity index (χ0) is 22.1. The predicted octanol–water partition coefficient (Wildman–Crippen LogP) is 3.86. The van der Waals surface area contributed by atoms with Gasteiger partial charge >= 0.3 is 0 Å². The molecule has 0 bridgehead atoms. The summed E-state index contributed by atoms with van der Waals surface area (Å²) in [6.45, 7) is 2.22. The second-order valence-electron chi connectivity index (χ2n) is 7.43. The SMILES string of the molecule is O=S(=O)(Nc1nccs1)c1cc2cnn(Cc3ccccc3C3=CCNCC3)c2cc1F. The van der Waals surface area contributed by atoms with Gasteiger partial charge in [0, 0.05) is 29.6 Å². The number of thiazole rings is 1. The molecule has 0 atom stereocenters. The number of nitrogens with zero attached hydrogens (tertiary/aromatic N) is 3. The Morgan fingerprint density at radius 2 is 2.12 bits per heavy atom. The minimum Gasteiger partial charge on any atom is -0.313 e. The lowest BCUT2D eigenvalue weighted by Gasteiger charge is -2.17. The molecule has 2 N–H and O–H groups in total. The van der Waals surface area contributed by atoms with Crippen LogP contribution in [0.15, 0.2) is 65.1 Å². The molecule has 32 heavy (non-hydrogen) atoms. The third-order valence-corrected chi connectivity index (χ3v) is 7.56. The summed E-state index contributed by atoms with van der Waals surface area (Å²) in [4.78, 5) is 3.47. The van der Waals surface area contributed by atoms with Crippen LogP contribution in [0.2, 0.25) is 0 Å².